The smallest absolute Gasteiger partial charge is 0.265 e. The Balaban J connectivity index is 1.76. The molecule has 0 aliphatic carbocycles. The number of hydrogen-bond acceptors (Lipinski definition) is 5. The SMILES string of the molecule is COc1ccccc1C1CCC(C)CN1C(=O)CNS(=O)(=O)c1c[nH]c(C(N)=O)c1. The van der Waals surface area contributed by atoms with Crippen LogP contribution >= 0.6 is 0 Å². The lowest BCUT2D eigenvalue weighted by Crippen LogP contribution is -2.46. The minimum absolute atomic E-state index is 0.0252. The van der Waals surface area contributed by atoms with Gasteiger partial charge < -0.3 is 20.4 Å². The molecule has 10 heteroatoms. The number of primary amides is 1. The summed E-state index contributed by atoms with van der Waals surface area (Å²) in [5.41, 5.74) is 6.02. The van der Waals surface area contributed by atoms with Gasteiger partial charge in [-0.25, -0.2) is 13.1 Å². The molecule has 1 aromatic heterocycles. The number of nitrogens with zero attached hydrogens (tertiary/aromatic N) is 1. The first-order valence-electron chi connectivity index (χ1n) is 9.63. The van der Waals surface area contributed by atoms with Crippen LogP contribution in [0.15, 0.2) is 41.4 Å². The number of nitrogens with one attached hydrogen (secondary N) is 2. The molecule has 1 aromatic carbocycles. The van der Waals surface area contributed by atoms with Crippen molar-refractivity contribution in [2.75, 3.05) is 20.2 Å². The summed E-state index contributed by atoms with van der Waals surface area (Å²) in [6.45, 7) is 2.20. The maximum absolute atomic E-state index is 13.0. The second-order valence-corrected chi connectivity index (χ2v) is 9.19. The zero-order chi connectivity index (χ0) is 21.9. The van der Waals surface area contributed by atoms with Crippen molar-refractivity contribution in [3.63, 3.8) is 0 Å². The molecule has 162 valence electrons. The Kier molecular flexibility index (Phi) is 6.47. The van der Waals surface area contributed by atoms with Crippen LogP contribution in [0.3, 0.4) is 0 Å². The van der Waals surface area contributed by atoms with Crippen molar-refractivity contribution in [3.05, 3.63) is 47.8 Å². The van der Waals surface area contributed by atoms with Crippen LogP contribution in [-0.2, 0) is 14.8 Å². The summed E-state index contributed by atoms with van der Waals surface area (Å²) in [6, 6.07) is 8.48. The van der Waals surface area contributed by atoms with Crippen LogP contribution < -0.4 is 15.2 Å². The Bertz CT molecular complexity index is 1030. The number of likely N-dealkylation sites (tertiary alicyclic amines) is 1. The van der Waals surface area contributed by atoms with E-state index in [0.29, 0.717) is 18.2 Å². The number of benzene rings is 1. The summed E-state index contributed by atoms with van der Waals surface area (Å²) >= 11 is 0. The molecule has 0 bridgehead atoms. The molecule has 1 saturated heterocycles. The third-order valence-corrected chi connectivity index (χ3v) is 6.66. The molecule has 4 N–H and O–H groups in total. The normalized spacial score (nSPS) is 19.5. The van der Waals surface area contributed by atoms with Crippen LogP contribution in [-0.4, -0.2) is 50.3 Å². The minimum Gasteiger partial charge on any atom is -0.496 e. The van der Waals surface area contributed by atoms with Crippen molar-refractivity contribution in [3.8, 4) is 5.75 Å². The van der Waals surface area contributed by atoms with E-state index in [2.05, 4.69) is 16.6 Å². The van der Waals surface area contributed by atoms with Gasteiger partial charge in [-0.1, -0.05) is 25.1 Å². The second kappa shape index (κ2) is 8.88. The lowest BCUT2D eigenvalue weighted by atomic mass is 9.89. The monoisotopic (exact) mass is 434 g/mol. The van der Waals surface area contributed by atoms with Crippen LogP contribution in [0, 0.1) is 5.92 Å². The molecule has 9 nitrogen and oxygen atoms in total. The molecular formula is C20H26N4O5S. The summed E-state index contributed by atoms with van der Waals surface area (Å²) in [5, 5.41) is 0. The fraction of sp³-hybridized carbons (Fsp3) is 0.400. The number of sulfonamides is 1. The minimum atomic E-state index is -3.98. The number of aromatic nitrogens is 1. The molecule has 30 heavy (non-hydrogen) atoms. The van der Waals surface area contributed by atoms with E-state index in [1.165, 1.54) is 0 Å². The lowest BCUT2D eigenvalue weighted by molar-refractivity contribution is -0.134. The third-order valence-electron chi connectivity index (χ3n) is 5.28. The zero-order valence-corrected chi connectivity index (χ0v) is 17.7. The number of aromatic amines is 1. The number of carbonyl (C=O) groups is 2. The molecule has 2 heterocycles. The Morgan fingerprint density at radius 1 is 1.30 bits per heavy atom. The average Bonchev–Trinajstić information content (AvgIpc) is 3.24. The molecule has 2 amide bonds. The van der Waals surface area contributed by atoms with Crippen molar-refractivity contribution in [1.29, 1.82) is 0 Å². The quantitative estimate of drug-likeness (QED) is 0.605. The fourth-order valence-corrected chi connectivity index (χ4v) is 4.67. The molecule has 2 unspecified atom stereocenters. The van der Waals surface area contributed by atoms with Crippen molar-refractivity contribution < 1.29 is 22.7 Å². The van der Waals surface area contributed by atoms with E-state index in [1.54, 1.807) is 12.0 Å². The number of methoxy groups -OCH3 is 1. The standard InChI is InChI=1S/C20H26N4O5S/c1-13-7-8-17(15-5-3-4-6-18(15)29-2)24(12-13)19(25)11-23-30(27,28)14-9-16(20(21)26)22-10-14/h3-6,9-10,13,17,22-23H,7-8,11-12H2,1-2H3,(H2,21,26). The topological polar surface area (TPSA) is 135 Å². The number of piperidine rings is 1. The highest BCUT2D eigenvalue weighted by molar-refractivity contribution is 7.89. The van der Waals surface area contributed by atoms with Gasteiger partial charge in [0.2, 0.25) is 15.9 Å². The largest absolute Gasteiger partial charge is 0.496 e. The van der Waals surface area contributed by atoms with E-state index >= 15 is 0 Å². The van der Waals surface area contributed by atoms with Gasteiger partial charge in [0.25, 0.3) is 5.91 Å². The van der Waals surface area contributed by atoms with E-state index < -0.39 is 22.5 Å². The summed E-state index contributed by atoms with van der Waals surface area (Å²) in [7, 11) is -2.39. The highest BCUT2D eigenvalue weighted by atomic mass is 32.2. The van der Waals surface area contributed by atoms with Crippen LogP contribution in [0.1, 0.15) is 41.9 Å². The molecule has 1 aliphatic heterocycles. The van der Waals surface area contributed by atoms with E-state index in [9.17, 15) is 18.0 Å². The first-order valence-corrected chi connectivity index (χ1v) is 11.1. The van der Waals surface area contributed by atoms with Gasteiger partial charge in [-0.15, -0.1) is 0 Å². The van der Waals surface area contributed by atoms with E-state index in [-0.39, 0.29) is 22.5 Å². The number of carbonyl (C=O) groups excluding carboxylic acids is 2. The average molecular weight is 435 g/mol. The number of amides is 2. The Morgan fingerprint density at radius 2 is 2.03 bits per heavy atom. The van der Waals surface area contributed by atoms with Gasteiger partial charge >= 0.3 is 0 Å². The third kappa shape index (κ3) is 4.65. The van der Waals surface area contributed by atoms with Gasteiger partial charge in [-0.3, -0.25) is 9.59 Å². The summed E-state index contributed by atoms with van der Waals surface area (Å²) in [4.78, 5) is 28.2. The molecule has 3 rings (SSSR count). The zero-order valence-electron chi connectivity index (χ0n) is 16.9. The van der Waals surface area contributed by atoms with Gasteiger partial charge in [-0.05, 0) is 30.9 Å². The highest BCUT2D eigenvalue weighted by Crippen LogP contribution is 2.37. The van der Waals surface area contributed by atoms with Crippen molar-refractivity contribution in [2.45, 2.75) is 30.7 Å². The van der Waals surface area contributed by atoms with Gasteiger partial charge in [-0.2, -0.15) is 0 Å². The first kappa shape index (κ1) is 21.8. The van der Waals surface area contributed by atoms with Crippen molar-refractivity contribution in [1.82, 2.24) is 14.6 Å². The van der Waals surface area contributed by atoms with Gasteiger partial charge in [0.1, 0.15) is 16.3 Å². The van der Waals surface area contributed by atoms with Crippen LogP contribution in [0.4, 0.5) is 0 Å². The predicted molar refractivity (Wildman–Crippen MR) is 110 cm³/mol. The second-order valence-electron chi connectivity index (χ2n) is 7.42. The molecule has 0 radical (unpaired) electrons. The highest BCUT2D eigenvalue weighted by Gasteiger charge is 2.33. The number of nitrogens with two attached hydrogens (primary N) is 1. The number of para-hydroxylation sites is 1. The molecule has 1 aliphatic rings. The van der Waals surface area contributed by atoms with E-state index in [4.69, 9.17) is 10.5 Å². The van der Waals surface area contributed by atoms with Crippen LogP contribution in [0.2, 0.25) is 0 Å². The number of hydrogen-bond donors (Lipinski definition) is 3. The first-order chi connectivity index (χ1) is 14.2. The van der Waals surface area contributed by atoms with Gasteiger partial charge in [0, 0.05) is 18.3 Å². The van der Waals surface area contributed by atoms with Crippen LogP contribution in [0.5, 0.6) is 5.75 Å². The predicted octanol–water partition coefficient (Wildman–Crippen LogP) is 1.40. The fourth-order valence-electron chi connectivity index (χ4n) is 3.71. The van der Waals surface area contributed by atoms with Crippen molar-refractivity contribution >= 4 is 21.8 Å². The molecule has 0 spiro atoms. The summed E-state index contributed by atoms with van der Waals surface area (Å²) in [6.07, 6.45) is 2.88. The Morgan fingerprint density at radius 3 is 2.70 bits per heavy atom. The molecule has 2 atom stereocenters. The van der Waals surface area contributed by atoms with Gasteiger partial charge in [0.05, 0.1) is 19.7 Å². The maximum atomic E-state index is 13.0. The molecule has 0 saturated carbocycles. The van der Waals surface area contributed by atoms with Gasteiger partial charge in [0.15, 0.2) is 0 Å². The van der Waals surface area contributed by atoms with E-state index in [1.807, 2.05) is 24.3 Å². The number of ether oxygens (including phenoxy) is 1. The lowest BCUT2D eigenvalue weighted by Gasteiger charge is -2.39. The Hall–Kier alpha value is -2.85. The maximum Gasteiger partial charge on any atom is 0.265 e. The number of rotatable bonds is 7. The van der Waals surface area contributed by atoms with E-state index in [0.717, 1.165) is 30.7 Å². The summed E-state index contributed by atoms with van der Waals surface area (Å²) in [5.74, 6) is -0.0952. The van der Waals surface area contributed by atoms with Crippen LogP contribution in [0.25, 0.3) is 0 Å². The number of H-pyrrole nitrogens is 1. The molecule has 2 aromatic rings. The van der Waals surface area contributed by atoms with Crippen molar-refractivity contribution in [2.24, 2.45) is 11.7 Å². The molecular weight excluding hydrogens is 408 g/mol. The summed E-state index contributed by atoms with van der Waals surface area (Å²) < 4.78 is 32.8. The molecule has 1 fully saturated rings. The Labute approximate surface area is 175 Å².